The molecule has 3 aliphatic heterocycles. The van der Waals surface area contributed by atoms with E-state index in [-0.39, 0.29) is 41.9 Å². The monoisotopic (exact) mass is 397 g/mol. The van der Waals surface area contributed by atoms with Crippen molar-refractivity contribution in [1.82, 2.24) is 14.8 Å². The number of carbonyl (C=O) groups is 2. The van der Waals surface area contributed by atoms with Crippen molar-refractivity contribution < 1.29 is 14.0 Å². The van der Waals surface area contributed by atoms with Crippen LogP contribution >= 0.6 is 0 Å². The van der Waals surface area contributed by atoms with E-state index in [2.05, 4.69) is 11.1 Å². The van der Waals surface area contributed by atoms with Crippen molar-refractivity contribution in [3.63, 3.8) is 0 Å². The molecule has 1 saturated carbocycles. The number of carbonyl (C=O) groups excluding carboxylic acids is 2. The van der Waals surface area contributed by atoms with Crippen molar-refractivity contribution in [2.24, 2.45) is 17.6 Å². The van der Waals surface area contributed by atoms with Gasteiger partial charge in [-0.1, -0.05) is 0 Å². The van der Waals surface area contributed by atoms with Crippen LogP contribution in [0.2, 0.25) is 0 Å². The fourth-order valence-corrected chi connectivity index (χ4v) is 5.79. The second kappa shape index (κ2) is 6.77. The van der Waals surface area contributed by atoms with Crippen molar-refractivity contribution in [2.45, 2.75) is 68.7 Å². The summed E-state index contributed by atoms with van der Waals surface area (Å²) in [6.45, 7) is 0. The summed E-state index contributed by atoms with van der Waals surface area (Å²) in [4.78, 5) is 33.1. The molecule has 0 aromatic carbocycles. The van der Waals surface area contributed by atoms with Crippen LogP contribution < -0.4 is 5.73 Å². The highest BCUT2D eigenvalue weighted by Crippen LogP contribution is 2.48. The van der Waals surface area contributed by atoms with Crippen molar-refractivity contribution >= 4 is 11.8 Å². The average Bonchev–Trinajstić information content (AvgIpc) is 3.31. The summed E-state index contributed by atoms with van der Waals surface area (Å²) >= 11 is 0. The molecule has 4 aliphatic rings. The Labute approximate surface area is 168 Å². The molecule has 7 atom stereocenters. The lowest BCUT2D eigenvalue weighted by molar-refractivity contribution is -0.135. The molecule has 3 saturated heterocycles. The van der Waals surface area contributed by atoms with Gasteiger partial charge in [-0.05, 0) is 56.4 Å². The first-order valence-electron chi connectivity index (χ1n) is 10.4. The van der Waals surface area contributed by atoms with Gasteiger partial charge in [0.2, 0.25) is 11.9 Å². The maximum Gasteiger partial charge on any atom is 0.254 e. The number of nitrogens with zero attached hydrogens (tertiary/aromatic N) is 4. The van der Waals surface area contributed by atoms with Gasteiger partial charge in [0.05, 0.1) is 12.1 Å². The third-order valence-corrected chi connectivity index (χ3v) is 7.28. The number of aromatic nitrogens is 1. The number of piperidine rings is 2. The van der Waals surface area contributed by atoms with Gasteiger partial charge in [0.15, 0.2) is 0 Å². The molecule has 5 unspecified atom stereocenters. The Bertz CT molecular complexity index is 887. The summed E-state index contributed by atoms with van der Waals surface area (Å²) < 4.78 is 13.4. The molecule has 0 radical (unpaired) electrons. The van der Waals surface area contributed by atoms with Gasteiger partial charge >= 0.3 is 0 Å². The third-order valence-electron chi connectivity index (χ3n) is 7.28. The molecule has 29 heavy (non-hydrogen) atoms. The lowest BCUT2D eigenvalue weighted by Crippen LogP contribution is -2.55. The van der Waals surface area contributed by atoms with Crippen LogP contribution in [0, 0.1) is 29.1 Å². The van der Waals surface area contributed by atoms with Gasteiger partial charge in [0, 0.05) is 36.0 Å². The van der Waals surface area contributed by atoms with Crippen LogP contribution in [0.4, 0.5) is 4.39 Å². The van der Waals surface area contributed by atoms with E-state index < -0.39 is 12.0 Å². The first-order valence-corrected chi connectivity index (χ1v) is 10.4. The van der Waals surface area contributed by atoms with E-state index >= 15 is 0 Å². The van der Waals surface area contributed by atoms with E-state index in [1.54, 1.807) is 4.90 Å². The molecule has 8 heteroatoms. The number of pyridine rings is 1. The molecule has 1 aromatic heterocycles. The van der Waals surface area contributed by atoms with Crippen molar-refractivity contribution in [3.8, 4) is 6.07 Å². The van der Waals surface area contributed by atoms with Crippen LogP contribution in [0.1, 0.15) is 48.9 Å². The maximum absolute atomic E-state index is 13.4. The summed E-state index contributed by atoms with van der Waals surface area (Å²) in [5.41, 5.74) is 6.72. The summed E-state index contributed by atoms with van der Waals surface area (Å²) in [6.07, 6.45) is 6.13. The number of halogens is 1. The van der Waals surface area contributed by atoms with Crippen LogP contribution in [-0.4, -0.2) is 56.8 Å². The predicted molar refractivity (Wildman–Crippen MR) is 101 cm³/mol. The molecule has 7 nitrogen and oxygen atoms in total. The Morgan fingerprint density at radius 2 is 1.93 bits per heavy atom. The van der Waals surface area contributed by atoms with E-state index in [4.69, 9.17) is 5.73 Å². The zero-order chi connectivity index (χ0) is 20.3. The van der Waals surface area contributed by atoms with Gasteiger partial charge in [0.1, 0.15) is 6.04 Å². The zero-order valence-electron chi connectivity index (χ0n) is 16.1. The van der Waals surface area contributed by atoms with Gasteiger partial charge in [-0.3, -0.25) is 9.59 Å². The molecule has 4 heterocycles. The number of likely N-dealkylation sites (tertiary alicyclic amines) is 1. The van der Waals surface area contributed by atoms with E-state index in [0.29, 0.717) is 24.3 Å². The van der Waals surface area contributed by atoms with E-state index in [9.17, 15) is 19.2 Å². The van der Waals surface area contributed by atoms with Crippen molar-refractivity contribution in [3.05, 3.63) is 29.8 Å². The minimum absolute atomic E-state index is 0.00429. The standard InChI is InChI=1S/C21H24FN5O2/c22-18-9-11(3-4-25-18)20(28)26-14-1-2-15(26)7-13(6-14)19(24)21(29)27-16(10-23)5-12-8-17(12)27/h3-4,9,12-17,19H,1-2,5-8,24H2/t12?,13?,14-,15?,16?,17?,19+/m0/s1. The predicted octanol–water partition coefficient (Wildman–Crippen LogP) is 1.44. The topological polar surface area (TPSA) is 103 Å². The van der Waals surface area contributed by atoms with Gasteiger partial charge < -0.3 is 15.5 Å². The van der Waals surface area contributed by atoms with E-state index in [1.165, 1.54) is 18.3 Å². The largest absolute Gasteiger partial charge is 0.333 e. The highest BCUT2D eigenvalue weighted by atomic mass is 19.1. The molecule has 5 rings (SSSR count). The van der Waals surface area contributed by atoms with Crippen molar-refractivity contribution in [2.75, 3.05) is 0 Å². The first kappa shape index (κ1) is 18.5. The highest BCUT2D eigenvalue weighted by Gasteiger charge is 2.56. The molecule has 4 fully saturated rings. The zero-order valence-corrected chi connectivity index (χ0v) is 16.1. The highest BCUT2D eigenvalue weighted by molar-refractivity contribution is 5.95. The summed E-state index contributed by atoms with van der Waals surface area (Å²) in [5, 5.41) is 9.37. The Balaban J connectivity index is 1.29. The molecular weight excluding hydrogens is 373 g/mol. The smallest absolute Gasteiger partial charge is 0.254 e. The molecule has 2 amide bonds. The SMILES string of the molecule is N#CC1CC2CC2N1C(=O)[C@H](N)C1CC2CC[C@@H](C1)N2C(=O)c1ccnc(F)c1. The minimum Gasteiger partial charge on any atom is -0.333 e. The van der Waals surface area contributed by atoms with E-state index in [1.807, 2.05) is 4.90 Å². The minimum atomic E-state index is -0.665. The maximum atomic E-state index is 13.4. The Morgan fingerprint density at radius 1 is 1.21 bits per heavy atom. The van der Waals surface area contributed by atoms with Crippen LogP contribution in [0.3, 0.4) is 0 Å². The van der Waals surface area contributed by atoms with Crippen LogP contribution in [0.5, 0.6) is 0 Å². The molecular formula is C21H24FN5O2. The lowest BCUT2D eigenvalue weighted by Gasteiger charge is -2.41. The number of fused-ring (bicyclic) bond motifs is 3. The molecule has 0 spiro atoms. The second-order valence-electron chi connectivity index (χ2n) is 8.91. The van der Waals surface area contributed by atoms with Crippen molar-refractivity contribution in [1.29, 1.82) is 5.26 Å². The summed E-state index contributed by atoms with van der Waals surface area (Å²) in [7, 11) is 0. The number of hydrogen-bond acceptors (Lipinski definition) is 5. The summed E-state index contributed by atoms with van der Waals surface area (Å²) in [5.74, 6) is -0.492. The molecule has 152 valence electrons. The average molecular weight is 397 g/mol. The number of nitriles is 1. The second-order valence-corrected chi connectivity index (χ2v) is 8.91. The molecule has 1 aliphatic carbocycles. The first-order chi connectivity index (χ1) is 14.0. The number of nitrogens with two attached hydrogens (primary N) is 1. The Morgan fingerprint density at radius 3 is 2.59 bits per heavy atom. The summed E-state index contributed by atoms with van der Waals surface area (Å²) in [6, 6.07) is 4.19. The quantitative estimate of drug-likeness (QED) is 0.778. The molecule has 2 bridgehead atoms. The Hall–Kier alpha value is -2.53. The number of hydrogen-bond donors (Lipinski definition) is 1. The molecule has 1 aromatic rings. The van der Waals surface area contributed by atoms with Crippen LogP contribution in [0.15, 0.2) is 18.3 Å². The van der Waals surface area contributed by atoms with Crippen LogP contribution in [-0.2, 0) is 4.79 Å². The van der Waals surface area contributed by atoms with Gasteiger partial charge in [0.25, 0.3) is 5.91 Å². The number of rotatable bonds is 3. The van der Waals surface area contributed by atoms with Gasteiger partial charge in [-0.15, -0.1) is 0 Å². The fourth-order valence-electron chi connectivity index (χ4n) is 5.79. The normalized spacial score (nSPS) is 35.8. The lowest BCUT2D eigenvalue weighted by atomic mass is 9.84. The molecule has 2 N–H and O–H groups in total. The number of amides is 2. The van der Waals surface area contributed by atoms with Gasteiger partial charge in [-0.25, -0.2) is 4.98 Å². The van der Waals surface area contributed by atoms with Crippen LogP contribution in [0.25, 0.3) is 0 Å². The Kier molecular flexibility index (Phi) is 4.32. The van der Waals surface area contributed by atoms with E-state index in [0.717, 1.165) is 25.7 Å². The fraction of sp³-hybridized carbons (Fsp3) is 0.619. The van der Waals surface area contributed by atoms with Gasteiger partial charge in [-0.2, -0.15) is 9.65 Å². The third kappa shape index (κ3) is 2.99.